The third-order valence-corrected chi connectivity index (χ3v) is 4.84. The van der Waals surface area contributed by atoms with E-state index in [1.54, 1.807) is 19.1 Å². The lowest BCUT2D eigenvalue weighted by Gasteiger charge is -2.18. The normalized spacial score (nSPS) is 11.7. The summed E-state index contributed by atoms with van der Waals surface area (Å²) in [5.41, 5.74) is 5.12. The highest BCUT2D eigenvalue weighted by molar-refractivity contribution is 8.00. The van der Waals surface area contributed by atoms with Crippen LogP contribution in [0.5, 0.6) is 5.75 Å². The lowest BCUT2D eigenvalue weighted by molar-refractivity contribution is -0.387. The van der Waals surface area contributed by atoms with Gasteiger partial charge in [-0.1, -0.05) is 18.2 Å². The van der Waals surface area contributed by atoms with Gasteiger partial charge in [0.15, 0.2) is 0 Å². The number of halogens is 2. The van der Waals surface area contributed by atoms with E-state index in [1.165, 1.54) is 24.3 Å². The van der Waals surface area contributed by atoms with Gasteiger partial charge in [-0.25, -0.2) is 0 Å². The topological polar surface area (TPSA) is 125 Å². The number of rotatable bonds is 9. The molecule has 0 heterocycles. The predicted octanol–water partition coefficient (Wildman–Crippen LogP) is 3.26. The van der Waals surface area contributed by atoms with E-state index >= 15 is 0 Å². The quantitative estimate of drug-likeness (QED) is 0.361. The fraction of sp³-hybridized carbons (Fsp3) is 0.222. The van der Waals surface area contributed by atoms with Gasteiger partial charge in [-0.15, -0.1) is 11.8 Å². The first-order chi connectivity index (χ1) is 13.7. The molecule has 0 aromatic heterocycles. The molecule has 2 rings (SSSR count). The standard InChI is InChI=1S/C18H17F2N3O5S/c1-10(12-4-2-3-5-14(12)28-18(19)20)22-16(24)9-29-15-7-6-11(17(21)25)8-13(15)23(26)27/h2-8,10,18H,9H2,1H3,(H2,21,25)(H,22,24)/t10-/m1/s1. The molecule has 1 atom stereocenters. The Morgan fingerprint density at radius 2 is 1.97 bits per heavy atom. The molecule has 154 valence electrons. The van der Waals surface area contributed by atoms with Crippen LogP contribution in [-0.4, -0.2) is 29.1 Å². The van der Waals surface area contributed by atoms with Crippen molar-refractivity contribution < 1.29 is 28.0 Å². The monoisotopic (exact) mass is 425 g/mol. The predicted molar refractivity (Wildman–Crippen MR) is 102 cm³/mol. The highest BCUT2D eigenvalue weighted by atomic mass is 32.2. The molecule has 0 fully saturated rings. The molecule has 8 nitrogen and oxygen atoms in total. The van der Waals surface area contributed by atoms with Gasteiger partial charge in [-0.05, 0) is 25.1 Å². The molecule has 29 heavy (non-hydrogen) atoms. The van der Waals surface area contributed by atoms with E-state index in [-0.39, 0.29) is 27.6 Å². The number of thioether (sulfide) groups is 1. The highest BCUT2D eigenvalue weighted by Gasteiger charge is 2.20. The van der Waals surface area contributed by atoms with Gasteiger partial charge < -0.3 is 15.8 Å². The summed E-state index contributed by atoms with van der Waals surface area (Å²) in [7, 11) is 0. The van der Waals surface area contributed by atoms with Crippen LogP contribution >= 0.6 is 11.8 Å². The molecule has 11 heteroatoms. The zero-order valence-corrected chi connectivity index (χ0v) is 15.9. The number of benzene rings is 2. The van der Waals surface area contributed by atoms with E-state index in [0.29, 0.717) is 5.56 Å². The van der Waals surface area contributed by atoms with E-state index < -0.39 is 29.4 Å². The average Bonchev–Trinajstić information content (AvgIpc) is 2.65. The van der Waals surface area contributed by atoms with Crippen LogP contribution in [0, 0.1) is 10.1 Å². The van der Waals surface area contributed by atoms with Crippen molar-refractivity contribution in [2.45, 2.75) is 24.5 Å². The van der Waals surface area contributed by atoms with Gasteiger partial charge >= 0.3 is 6.61 Å². The lowest BCUT2D eigenvalue weighted by atomic mass is 10.1. The zero-order chi connectivity index (χ0) is 21.6. The summed E-state index contributed by atoms with van der Waals surface area (Å²) in [6.07, 6.45) is 0. The molecule has 2 aromatic rings. The minimum Gasteiger partial charge on any atom is -0.434 e. The summed E-state index contributed by atoms with van der Waals surface area (Å²) in [6, 6.07) is 9.14. The van der Waals surface area contributed by atoms with Crippen molar-refractivity contribution in [2.24, 2.45) is 5.73 Å². The van der Waals surface area contributed by atoms with Crippen LogP contribution in [0.1, 0.15) is 28.9 Å². The van der Waals surface area contributed by atoms with Crippen LogP contribution in [0.4, 0.5) is 14.5 Å². The Balaban J connectivity index is 2.05. The number of primary amides is 1. The molecule has 0 saturated heterocycles. The van der Waals surface area contributed by atoms with Crippen LogP contribution in [0.25, 0.3) is 0 Å². The largest absolute Gasteiger partial charge is 0.434 e. The van der Waals surface area contributed by atoms with Crippen molar-refractivity contribution in [1.29, 1.82) is 0 Å². The van der Waals surface area contributed by atoms with Crippen LogP contribution in [0.2, 0.25) is 0 Å². The van der Waals surface area contributed by atoms with E-state index in [9.17, 15) is 28.5 Å². The van der Waals surface area contributed by atoms with Crippen molar-refractivity contribution in [3.8, 4) is 5.75 Å². The second-order valence-corrected chi connectivity index (χ2v) is 6.82. The van der Waals surface area contributed by atoms with Gasteiger partial charge in [0.1, 0.15) is 5.75 Å². The minimum atomic E-state index is -3.00. The Morgan fingerprint density at radius 1 is 1.28 bits per heavy atom. The van der Waals surface area contributed by atoms with E-state index in [0.717, 1.165) is 17.8 Å². The number of nitro benzene ring substituents is 1. The third-order valence-electron chi connectivity index (χ3n) is 3.78. The first-order valence-corrected chi connectivity index (χ1v) is 9.21. The van der Waals surface area contributed by atoms with Gasteiger partial charge in [0.05, 0.1) is 21.6 Å². The van der Waals surface area contributed by atoms with Crippen molar-refractivity contribution in [3.05, 3.63) is 63.7 Å². The van der Waals surface area contributed by atoms with Gasteiger partial charge in [-0.3, -0.25) is 19.7 Å². The molecule has 0 spiro atoms. The number of carbonyl (C=O) groups excluding carboxylic acids is 2. The Kier molecular flexibility index (Phi) is 7.48. The Labute approximate surface area is 168 Å². The van der Waals surface area contributed by atoms with Crippen LogP contribution in [0.15, 0.2) is 47.4 Å². The maximum atomic E-state index is 12.5. The van der Waals surface area contributed by atoms with E-state index in [2.05, 4.69) is 10.1 Å². The number of nitrogens with one attached hydrogen (secondary N) is 1. The smallest absolute Gasteiger partial charge is 0.387 e. The second kappa shape index (κ2) is 9.82. The van der Waals surface area contributed by atoms with E-state index in [1.807, 2.05) is 0 Å². The number of para-hydroxylation sites is 1. The summed E-state index contributed by atoms with van der Waals surface area (Å²) in [5, 5.41) is 13.8. The first kappa shape index (κ1) is 22.1. The first-order valence-electron chi connectivity index (χ1n) is 8.23. The molecule has 3 N–H and O–H groups in total. The minimum absolute atomic E-state index is 0.0187. The number of hydrogen-bond donors (Lipinski definition) is 2. The van der Waals surface area contributed by atoms with Crippen molar-refractivity contribution in [2.75, 3.05) is 5.75 Å². The van der Waals surface area contributed by atoms with Crippen LogP contribution in [-0.2, 0) is 4.79 Å². The number of ether oxygens (including phenoxy) is 1. The summed E-state index contributed by atoms with van der Waals surface area (Å²) in [4.78, 5) is 34.1. The fourth-order valence-corrected chi connectivity index (χ4v) is 3.30. The van der Waals surface area contributed by atoms with Gasteiger partial charge in [-0.2, -0.15) is 8.78 Å². The van der Waals surface area contributed by atoms with Gasteiger partial charge in [0.25, 0.3) is 5.69 Å². The molecule has 0 aliphatic heterocycles. The number of nitro groups is 1. The molecule has 0 radical (unpaired) electrons. The molecule has 0 bridgehead atoms. The summed E-state index contributed by atoms with van der Waals surface area (Å²) in [6.45, 7) is -1.40. The van der Waals surface area contributed by atoms with Crippen molar-refractivity contribution in [1.82, 2.24) is 5.32 Å². The SMILES string of the molecule is C[C@@H](NC(=O)CSc1ccc(C(N)=O)cc1[N+](=O)[O-])c1ccccc1OC(F)F. The number of carbonyl (C=O) groups is 2. The Morgan fingerprint density at radius 3 is 2.59 bits per heavy atom. The number of amides is 2. The van der Waals surface area contributed by atoms with Crippen molar-refractivity contribution in [3.63, 3.8) is 0 Å². The average molecular weight is 425 g/mol. The highest BCUT2D eigenvalue weighted by Crippen LogP contribution is 2.30. The van der Waals surface area contributed by atoms with Gasteiger partial charge in [0.2, 0.25) is 11.8 Å². The molecule has 0 aliphatic rings. The fourth-order valence-electron chi connectivity index (χ4n) is 2.48. The molecule has 0 unspecified atom stereocenters. The maximum absolute atomic E-state index is 12.5. The van der Waals surface area contributed by atoms with Crippen LogP contribution in [0.3, 0.4) is 0 Å². The molecule has 2 aromatic carbocycles. The summed E-state index contributed by atoms with van der Waals surface area (Å²) in [5.74, 6) is -1.50. The van der Waals surface area contributed by atoms with E-state index in [4.69, 9.17) is 5.73 Å². The lowest BCUT2D eigenvalue weighted by Crippen LogP contribution is -2.28. The zero-order valence-electron chi connectivity index (χ0n) is 15.1. The molecule has 0 saturated carbocycles. The third kappa shape index (κ3) is 6.14. The summed E-state index contributed by atoms with van der Waals surface area (Å²) >= 11 is 0.899. The Hall–Kier alpha value is -3.21. The Bertz CT molecular complexity index is 926. The van der Waals surface area contributed by atoms with Crippen molar-refractivity contribution >= 4 is 29.3 Å². The molecule has 0 aliphatic carbocycles. The number of hydrogen-bond acceptors (Lipinski definition) is 6. The number of nitrogens with two attached hydrogens (primary N) is 1. The molecular weight excluding hydrogens is 408 g/mol. The molecule has 2 amide bonds. The number of nitrogens with zero attached hydrogens (tertiary/aromatic N) is 1. The number of alkyl halides is 2. The van der Waals surface area contributed by atoms with Crippen LogP contribution < -0.4 is 15.8 Å². The summed E-state index contributed by atoms with van der Waals surface area (Å²) < 4.78 is 29.5. The maximum Gasteiger partial charge on any atom is 0.387 e. The van der Waals surface area contributed by atoms with Gasteiger partial charge in [0, 0.05) is 17.2 Å². The molecular formula is C18H17F2N3O5S. The second-order valence-electron chi connectivity index (χ2n) is 5.80.